The number of hydrogen-bond donors (Lipinski definition) is 1. The van der Waals surface area contributed by atoms with Gasteiger partial charge in [-0.25, -0.2) is 0 Å². The Kier molecular flexibility index (Phi) is 3.89. The Morgan fingerprint density at radius 2 is 2.25 bits per heavy atom. The number of carbonyl (C=O) groups is 1. The van der Waals surface area contributed by atoms with Crippen molar-refractivity contribution in [3.05, 3.63) is 19.9 Å². The molecule has 0 bridgehead atoms. The van der Waals surface area contributed by atoms with Crippen LogP contribution in [0.3, 0.4) is 0 Å². The van der Waals surface area contributed by atoms with Gasteiger partial charge in [0.1, 0.15) is 0 Å². The average Bonchev–Trinajstić information content (AvgIpc) is 2.85. The minimum absolute atomic E-state index is 0.0762. The van der Waals surface area contributed by atoms with Crippen molar-refractivity contribution in [2.45, 2.75) is 32.6 Å². The zero-order valence-electron chi connectivity index (χ0n) is 9.38. The Bertz CT molecular complexity index is 382. The molecule has 1 saturated carbocycles. The van der Waals surface area contributed by atoms with Gasteiger partial charge in [-0.3, -0.25) is 4.79 Å². The smallest absolute Gasteiger partial charge is 0.252 e. The Labute approximate surface area is 114 Å². The number of nitrogens with one attached hydrogen (secondary N) is 1. The van der Waals surface area contributed by atoms with E-state index < -0.39 is 0 Å². The molecular formula is C12H16INOS. The van der Waals surface area contributed by atoms with Crippen LogP contribution < -0.4 is 5.32 Å². The second-order valence-electron chi connectivity index (χ2n) is 4.84. The minimum atomic E-state index is 0.0762. The fourth-order valence-electron chi connectivity index (χ4n) is 2.23. The number of halogens is 1. The highest BCUT2D eigenvalue weighted by Gasteiger charge is 2.28. The maximum absolute atomic E-state index is 11.8. The van der Waals surface area contributed by atoms with Crippen molar-refractivity contribution in [1.29, 1.82) is 0 Å². The summed E-state index contributed by atoms with van der Waals surface area (Å²) in [7, 11) is 0. The predicted molar refractivity (Wildman–Crippen MR) is 75.9 cm³/mol. The molecule has 1 aliphatic carbocycles. The van der Waals surface area contributed by atoms with Crippen LogP contribution in [0.4, 0.5) is 0 Å². The van der Waals surface area contributed by atoms with Crippen LogP contribution in [0.5, 0.6) is 0 Å². The summed E-state index contributed by atoms with van der Waals surface area (Å²) >= 11 is 3.86. The first kappa shape index (κ1) is 12.4. The molecule has 0 spiro atoms. The monoisotopic (exact) mass is 349 g/mol. The summed E-state index contributed by atoms with van der Waals surface area (Å²) in [6.07, 6.45) is 5.11. The molecule has 2 nitrogen and oxygen atoms in total. The summed E-state index contributed by atoms with van der Waals surface area (Å²) in [5, 5.41) is 4.98. The lowest BCUT2D eigenvalue weighted by Crippen LogP contribution is -2.33. The molecule has 0 aromatic carbocycles. The lowest BCUT2D eigenvalue weighted by molar-refractivity contribution is 0.0934. The van der Waals surface area contributed by atoms with Gasteiger partial charge >= 0.3 is 0 Å². The lowest BCUT2D eigenvalue weighted by atomic mass is 9.89. The summed E-state index contributed by atoms with van der Waals surface area (Å²) in [5.74, 6) is 0.0762. The molecule has 0 atom stereocenters. The van der Waals surface area contributed by atoms with Crippen LogP contribution in [-0.2, 0) is 0 Å². The highest BCUT2D eigenvalue weighted by molar-refractivity contribution is 14.1. The third-order valence-corrected chi connectivity index (χ3v) is 5.11. The molecule has 0 saturated heterocycles. The van der Waals surface area contributed by atoms with Crippen molar-refractivity contribution < 1.29 is 4.79 Å². The molecule has 1 aliphatic rings. The molecule has 4 heteroatoms. The maximum atomic E-state index is 11.8. The summed E-state index contributed by atoms with van der Waals surface area (Å²) < 4.78 is 1.16. The summed E-state index contributed by atoms with van der Waals surface area (Å²) in [6.45, 7) is 3.09. The van der Waals surface area contributed by atoms with Gasteiger partial charge in [-0.1, -0.05) is 19.8 Å². The molecule has 1 N–H and O–H groups in total. The number of rotatable bonds is 3. The van der Waals surface area contributed by atoms with E-state index in [1.54, 1.807) is 11.3 Å². The summed E-state index contributed by atoms with van der Waals surface area (Å²) in [4.78, 5) is 11.8. The number of hydrogen-bond acceptors (Lipinski definition) is 2. The maximum Gasteiger partial charge on any atom is 0.252 e. The summed E-state index contributed by atoms with van der Waals surface area (Å²) in [6, 6.07) is 1.94. The van der Waals surface area contributed by atoms with Crippen molar-refractivity contribution in [1.82, 2.24) is 5.32 Å². The SMILES string of the molecule is CC1(CNC(=O)c2csc(I)c2)CCCC1. The van der Waals surface area contributed by atoms with E-state index in [2.05, 4.69) is 34.8 Å². The van der Waals surface area contributed by atoms with Gasteiger partial charge in [0.05, 0.1) is 8.45 Å². The van der Waals surface area contributed by atoms with E-state index in [0.717, 1.165) is 15.0 Å². The number of amides is 1. The third-order valence-electron chi connectivity index (χ3n) is 3.32. The molecule has 16 heavy (non-hydrogen) atoms. The average molecular weight is 349 g/mol. The van der Waals surface area contributed by atoms with E-state index >= 15 is 0 Å². The first-order valence-corrected chi connectivity index (χ1v) is 7.57. The first-order chi connectivity index (χ1) is 7.59. The highest BCUT2D eigenvalue weighted by Crippen LogP contribution is 2.36. The van der Waals surface area contributed by atoms with Crippen LogP contribution in [0.2, 0.25) is 0 Å². The summed E-state index contributed by atoms with van der Waals surface area (Å²) in [5.41, 5.74) is 1.13. The van der Waals surface area contributed by atoms with E-state index in [9.17, 15) is 4.79 Å². The molecule has 0 unspecified atom stereocenters. The van der Waals surface area contributed by atoms with E-state index in [1.807, 2.05) is 11.4 Å². The molecule has 1 amide bonds. The van der Waals surface area contributed by atoms with Crippen molar-refractivity contribution in [2.24, 2.45) is 5.41 Å². The number of carbonyl (C=O) groups excluding carboxylic acids is 1. The van der Waals surface area contributed by atoms with Gasteiger partial charge in [0, 0.05) is 11.9 Å². The molecular weight excluding hydrogens is 333 g/mol. The van der Waals surface area contributed by atoms with Crippen LogP contribution in [0.15, 0.2) is 11.4 Å². The fraction of sp³-hybridized carbons (Fsp3) is 0.583. The van der Waals surface area contributed by atoms with Crippen LogP contribution in [-0.4, -0.2) is 12.5 Å². The molecule has 1 fully saturated rings. The molecule has 1 aromatic rings. The minimum Gasteiger partial charge on any atom is -0.351 e. The largest absolute Gasteiger partial charge is 0.351 e. The van der Waals surface area contributed by atoms with Gasteiger partial charge in [0.2, 0.25) is 0 Å². The van der Waals surface area contributed by atoms with Crippen LogP contribution in [0, 0.1) is 8.30 Å². The lowest BCUT2D eigenvalue weighted by Gasteiger charge is -2.23. The Hall–Kier alpha value is -0.100. The van der Waals surface area contributed by atoms with E-state index in [4.69, 9.17) is 0 Å². The topological polar surface area (TPSA) is 29.1 Å². The second kappa shape index (κ2) is 5.04. The second-order valence-corrected chi connectivity index (χ2v) is 7.65. The van der Waals surface area contributed by atoms with Gasteiger partial charge in [-0.2, -0.15) is 0 Å². The quantitative estimate of drug-likeness (QED) is 0.829. The molecule has 0 radical (unpaired) electrons. The normalized spacial score (nSPS) is 18.6. The Morgan fingerprint density at radius 1 is 1.56 bits per heavy atom. The molecule has 1 heterocycles. The van der Waals surface area contributed by atoms with Crippen molar-refractivity contribution in [3.63, 3.8) is 0 Å². The number of thiophene rings is 1. The van der Waals surface area contributed by atoms with Crippen LogP contribution in [0.25, 0.3) is 0 Å². The Morgan fingerprint density at radius 3 is 2.81 bits per heavy atom. The van der Waals surface area contributed by atoms with Crippen molar-refractivity contribution in [3.8, 4) is 0 Å². The predicted octanol–water partition coefficient (Wildman–Crippen LogP) is 3.66. The highest BCUT2D eigenvalue weighted by atomic mass is 127. The van der Waals surface area contributed by atoms with Crippen LogP contribution in [0.1, 0.15) is 43.0 Å². The van der Waals surface area contributed by atoms with Gasteiger partial charge in [0.25, 0.3) is 5.91 Å². The van der Waals surface area contributed by atoms with Crippen molar-refractivity contribution >= 4 is 39.8 Å². The van der Waals surface area contributed by atoms with Gasteiger partial charge in [-0.05, 0) is 46.9 Å². The zero-order valence-corrected chi connectivity index (χ0v) is 12.4. The molecule has 2 rings (SSSR count). The fourth-order valence-corrected chi connectivity index (χ4v) is 3.56. The van der Waals surface area contributed by atoms with E-state index in [-0.39, 0.29) is 5.91 Å². The Balaban J connectivity index is 1.88. The third kappa shape index (κ3) is 2.97. The van der Waals surface area contributed by atoms with Gasteiger partial charge in [-0.15, -0.1) is 11.3 Å². The molecule has 0 aliphatic heterocycles. The van der Waals surface area contributed by atoms with Gasteiger partial charge < -0.3 is 5.32 Å². The van der Waals surface area contributed by atoms with Crippen LogP contribution >= 0.6 is 33.9 Å². The van der Waals surface area contributed by atoms with E-state index in [0.29, 0.717) is 5.41 Å². The standard InChI is InChI=1S/C12H16INOS/c1-12(4-2-3-5-12)8-14-11(15)9-6-10(13)16-7-9/h6-7H,2-5,8H2,1H3,(H,14,15). The van der Waals surface area contributed by atoms with Gasteiger partial charge in [0.15, 0.2) is 0 Å². The van der Waals surface area contributed by atoms with Crippen molar-refractivity contribution in [2.75, 3.05) is 6.54 Å². The van der Waals surface area contributed by atoms with E-state index in [1.165, 1.54) is 25.7 Å². The molecule has 1 aromatic heterocycles. The molecule has 88 valence electrons. The zero-order chi connectivity index (χ0) is 11.6. The first-order valence-electron chi connectivity index (χ1n) is 5.61.